The van der Waals surface area contributed by atoms with Crippen LogP contribution in [-0.4, -0.2) is 61.6 Å². The number of aromatic hydroxyl groups is 1. The maximum absolute atomic E-state index is 11.7. The molecular formula is C26H31N7O2. The lowest BCUT2D eigenvalue weighted by Crippen LogP contribution is -2.48. The molecule has 0 radical (unpaired) electrons. The zero-order chi connectivity index (χ0) is 24.7. The van der Waals surface area contributed by atoms with E-state index in [1.54, 1.807) is 6.92 Å². The number of benzene rings is 1. The summed E-state index contributed by atoms with van der Waals surface area (Å²) in [5.74, 6) is 1.41. The Kier molecular flexibility index (Phi) is 5.92. The van der Waals surface area contributed by atoms with Crippen molar-refractivity contribution in [2.75, 3.05) is 36.4 Å². The van der Waals surface area contributed by atoms with E-state index in [2.05, 4.69) is 34.3 Å². The topological polar surface area (TPSA) is 99.4 Å². The zero-order valence-corrected chi connectivity index (χ0v) is 20.6. The minimum absolute atomic E-state index is 0.0710. The number of hydrogen-bond acceptors (Lipinski definition) is 7. The molecular weight excluding hydrogens is 442 g/mol. The Bertz CT molecular complexity index is 1390. The first-order valence-electron chi connectivity index (χ1n) is 12.0. The number of carbonyl (C=O) groups excluding carboxylic acids is 1. The lowest BCUT2D eigenvalue weighted by Gasteiger charge is -2.34. The highest BCUT2D eigenvalue weighted by atomic mass is 16.3. The van der Waals surface area contributed by atoms with Gasteiger partial charge in [0.05, 0.1) is 16.9 Å². The molecule has 1 aromatic carbocycles. The fourth-order valence-corrected chi connectivity index (χ4v) is 4.55. The molecule has 2 N–H and O–H groups in total. The SMILES string of the molecule is CC(=O)N1CCN(c2nc(N[C@H](C)c3cnc4ccccc4c3)c3cn(C(C)C)c(O)c3n2)CC1. The molecule has 35 heavy (non-hydrogen) atoms. The molecule has 1 aliphatic heterocycles. The normalized spacial score (nSPS) is 15.2. The number of fused-ring (bicyclic) bond motifs is 2. The van der Waals surface area contributed by atoms with Crippen molar-refractivity contribution in [1.29, 1.82) is 0 Å². The third kappa shape index (κ3) is 4.34. The number of piperazine rings is 1. The third-order valence-electron chi connectivity index (χ3n) is 6.69. The Balaban J connectivity index is 1.52. The predicted molar refractivity (Wildman–Crippen MR) is 138 cm³/mol. The molecule has 0 saturated carbocycles. The van der Waals surface area contributed by atoms with Crippen LogP contribution in [0.1, 0.15) is 45.3 Å². The molecule has 182 valence electrons. The molecule has 4 aromatic rings. The second kappa shape index (κ2) is 9.05. The molecule has 9 heteroatoms. The first-order valence-corrected chi connectivity index (χ1v) is 12.0. The lowest BCUT2D eigenvalue weighted by atomic mass is 10.1. The minimum atomic E-state index is -0.0721. The molecule has 1 aliphatic rings. The van der Waals surface area contributed by atoms with E-state index < -0.39 is 0 Å². The number of amides is 1. The van der Waals surface area contributed by atoms with Crippen molar-refractivity contribution >= 4 is 39.5 Å². The van der Waals surface area contributed by atoms with E-state index in [9.17, 15) is 9.90 Å². The summed E-state index contributed by atoms with van der Waals surface area (Å²) in [5, 5.41) is 16.3. The highest BCUT2D eigenvalue weighted by Gasteiger charge is 2.24. The van der Waals surface area contributed by atoms with Crippen LogP contribution in [0.15, 0.2) is 42.7 Å². The molecule has 1 atom stereocenters. The summed E-state index contributed by atoms with van der Waals surface area (Å²) < 4.78 is 1.81. The number of pyridine rings is 1. The molecule has 0 spiro atoms. The number of aromatic nitrogens is 4. The van der Waals surface area contributed by atoms with Gasteiger partial charge in [0.15, 0.2) is 0 Å². The smallest absolute Gasteiger partial charge is 0.228 e. The first-order chi connectivity index (χ1) is 16.8. The van der Waals surface area contributed by atoms with Crippen LogP contribution in [0.5, 0.6) is 5.88 Å². The van der Waals surface area contributed by atoms with E-state index in [0.29, 0.717) is 43.5 Å². The van der Waals surface area contributed by atoms with Gasteiger partial charge in [0.25, 0.3) is 0 Å². The fourth-order valence-electron chi connectivity index (χ4n) is 4.55. The van der Waals surface area contributed by atoms with E-state index in [1.165, 1.54) is 0 Å². The van der Waals surface area contributed by atoms with Gasteiger partial charge in [-0.3, -0.25) is 9.78 Å². The van der Waals surface area contributed by atoms with E-state index in [-0.39, 0.29) is 23.9 Å². The Hall–Kier alpha value is -3.88. The van der Waals surface area contributed by atoms with Gasteiger partial charge in [0, 0.05) is 56.9 Å². The standard InChI is InChI=1S/C26H31N7O2/c1-16(2)33-15-21-23(25(33)35)29-26(32-11-9-31(10-12-32)18(4)34)30-24(21)28-17(3)20-13-19-7-5-6-8-22(19)27-14-20/h5-8,13-17,35H,9-12H2,1-4H3,(H,28,29,30)/t17-/m1/s1. The molecule has 0 aliphatic carbocycles. The average molecular weight is 474 g/mol. The molecule has 3 aromatic heterocycles. The highest BCUT2D eigenvalue weighted by molar-refractivity contribution is 5.94. The van der Waals surface area contributed by atoms with Crippen LogP contribution >= 0.6 is 0 Å². The molecule has 1 saturated heterocycles. The van der Waals surface area contributed by atoms with Crippen LogP contribution in [0.4, 0.5) is 11.8 Å². The molecule has 1 fully saturated rings. The van der Waals surface area contributed by atoms with Gasteiger partial charge in [-0.05, 0) is 38.5 Å². The lowest BCUT2D eigenvalue weighted by molar-refractivity contribution is -0.129. The van der Waals surface area contributed by atoms with E-state index >= 15 is 0 Å². The fraction of sp³-hybridized carbons (Fsp3) is 0.385. The van der Waals surface area contributed by atoms with E-state index in [0.717, 1.165) is 21.9 Å². The largest absolute Gasteiger partial charge is 0.493 e. The summed E-state index contributed by atoms with van der Waals surface area (Å²) in [7, 11) is 0. The third-order valence-corrected chi connectivity index (χ3v) is 6.69. The zero-order valence-electron chi connectivity index (χ0n) is 20.6. The highest BCUT2D eigenvalue weighted by Crippen LogP contribution is 2.35. The van der Waals surface area contributed by atoms with E-state index in [4.69, 9.17) is 9.97 Å². The summed E-state index contributed by atoms with van der Waals surface area (Å²) in [6.07, 6.45) is 3.79. The van der Waals surface area contributed by atoms with Crippen molar-refractivity contribution < 1.29 is 9.90 Å². The number of carbonyl (C=O) groups is 1. The Labute approximate surface area is 204 Å². The van der Waals surface area contributed by atoms with Gasteiger partial charge >= 0.3 is 0 Å². The van der Waals surface area contributed by atoms with Crippen molar-refractivity contribution in [3.8, 4) is 5.88 Å². The summed E-state index contributed by atoms with van der Waals surface area (Å²) >= 11 is 0. The second-order valence-electron chi connectivity index (χ2n) is 9.41. The van der Waals surface area contributed by atoms with Crippen LogP contribution in [-0.2, 0) is 4.79 Å². The summed E-state index contributed by atoms with van der Waals surface area (Å²) in [6.45, 7) is 10.2. The molecule has 4 heterocycles. The quantitative estimate of drug-likeness (QED) is 0.450. The van der Waals surface area contributed by atoms with Crippen LogP contribution in [0.3, 0.4) is 0 Å². The van der Waals surface area contributed by atoms with E-state index in [1.807, 2.05) is 53.9 Å². The maximum atomic E-state index is 11.7. The first kappa shape index (κ1) is 22.9. The van der Waals surface area contributed by atoms with Crippen molar-refractivity contribution in [3.05, 3.63) is 48.3 Å². The Morgan fingerprint density at radius 2 is 1.83 bits per heavy atom. The van der Waals surface area contributed by atoms with Gasteiger partial charge in [0.1, 0.15) is 11.3 Å². The Morgan fingerprint density at radius 3 is 2.54 bits per heavy atom. The average Bonchev–Trinajstić information content (AvgIpc) is 3.20. The number of nitrogens with one attached hydrogen (secondary N) is 1. The van der Waals surface area contributed by atoms with Crippen LogP contribution in [0.25, 0.3) is 21.8 Å². The van der Waals surface area contributed by atoms with Gasteiger partial charge in [-0.25, -0.2) is 4.98 Å². The van der Waals surface area contributed by atoms with Crippen LogP contribution in [0.2, 0.25) is 0 Å². The summed E-state index contributed by atoms with van der Waals surface area (Å²) in [6, 6.07) is 10.2. The van der Waals surface area contributed by atoms with Gasteiger partial charge in [-0.15, -0.1) is 0 Å². The van der Waals surface area contributed by atoms with Crippen LogP contribution in [0, 0.1) is 0 Å². The minimum Gasteiger partial charge on any atom is -0.493 e. The molecule has 1 amide bonds. The number of nitrogens with zero attached hydrogens (tertiary/aromatic N) is 6. The second-order valence-corrected chi connectivity index (χ2v) is 9.41. The van der Waals surface area contributed by atoms with Gasteiger partial charge in [-0.1, -0.05) is 18.2 Å². The summed E-state index contributed by atoms with van der Waals surface area (Å²) in [4.78, 5) is 29.9. The van der Waals surface area contributed by atoms with Gasteiger partial charge in [0.2, 0.25) is 17.7 Å². The molecule has 0 bridgehead atoms. The number of hydrogen-bond donors (Lipinski definition) is 2. The summed E-state index contributed by atoms with van der Waals surface area (Å²) in [5.41, 5.74) is 2.52. The van der Waals surface area contributed by atoms with Crippen molar-refractivity contribution in [3.63, 3.8) is 0 Å². The maximum Gasteiger partial charge on any atom is 0.228 e. The van der Waals surface area contributed by atoms with Crippen LogP contribution < -0.4 is 10.2 Å². The monoisotopic (exact) mass is 473 g/mol. The number of anilines is 2. The van der Waals surface area contributed by atoms with Gasteiger partial charge < -0.3 is 24.8 Å². The predicted octanol–water partition coefficient (Wildman–Crippen LogP) is 4.11. The van der Waals surface area contributed by atoms with Crippen molar-refractivity contribution in [1.82, 2.24) is 24.4 Å². The molecule has 9 nitrogen and oxygen atoms in total. The number of rotatable bonds is 5. The van der Waals surface area contributed by atoms with Gasteiger partial charge in [-0.2, -0.15) is 4.98 Å². The van der Waals surface area contributed by atoms with Crippen molar-refractivity contribution in [2.45, 2.75) is 39.8 Å². The number of para-hydroxylation sites is 1. The van der Waals surface area contributed by atoms with Crippen molar-refractivity contribution in [2.24, 2.45) is 0 Å². The molecule has 5 rings (SSSR count). The molecule has 0 unspecified atom stereocenters. The Morgan fingerprint density at radius 1 is 1.09 bits per heavy atom.